The number of hydrogen-bond donors (Lipinski definition) is 3. The number of nitrogens with zero attached hydrogens (tertiary/aromatic N) is 1. The number of amidine groups is 1. The van der Waals surface area contributed by atoms with E-state index in [1.54, 1.807) is 18.2 Å². The second-order valence-corrected chi connectivity index (χ2v) is 6.06. The molecule has 0 bridgehead atoms. The highest BCUT2D eigenvalue weighted by molar-refractivity contribution is 6.07. The Morgan fingerprint density at radius 2 is 1.73 bits per heavy atom. The summed E-state index contributed by atoms with van der Waals surface area (Å²) in [7, 11) is 0. The van der Waals surface area contributed by atoms with Crippen LogP contribution in [0.15, 0.2) is 72.4 Å². The lowest BCUT2D eigenvalue weighted by atomic mass is 9.86. The average molecular weight is 344 g/mol. The van der Waals surface area contributed by atoms with Crippen LogP contribution >= 0.6 is 0 Å². The minimum absolute atomic E-state index is 0.0441. The molecule has 0 aliphatic heterocycles. The molecule has 0 aromatic heterocycles. The second kappa shape index (κ2) is 7.15. The summed E-state index contributed by atoms with van der Waals surface area (Å²) in [6.45, 7) is 5.86. The third kappa shape index (κ3) is 3.17. The predicted octanol–water partition coefficient (Wildman–Crippen LogP) is 4.77. The summed E-state index contributed by atoms with van der Waals surface area (Å²) in [6.07, 6.45) is 1.78. The monoisotopic (exact) mass is 344 g/mol. The highest BCUT2D eigenvalue weighted by Crippen LogP contribution is 2.38. The van der Waals surface area contributed by atoms with E-state index in [2.05, 4.69) is 17.8 Å². The van der Waals surface area contributed by atoms with Gasteiger partial charge in [-0.15, -0.1) is 0 Å². The number of aromatic hydroxyl groups is 1. The molecule has 0 atom stereocenters. The molecule has 3 aromatic rings. The van der Waals surface area contributed by atoms with Crippen molar-refractivity contribution >= 4 is 11.9 Å². The molecule has 4 N–H and O–H groups in total. The van der Waals surface area contributed by atoms with Gasteiger partial charge >= 0.3 is 0 Å². The highest BCUT2D eigenvalue weighted by Gasteiger charge is 2.18. The molecule has 0 aliphatic carbocycles. The normalized spacial score (nSPS) is 11.3. The van der Waals surface area contributed by atoms with Crippen molar-refractivity contribution in [3.05, 3.63) is 83.9 Å². The molecule has 3 aromatic carbocycles. The van der Waals surface area contributed by atoms with Gasteiger partial charge in [0.15, 0.2) is 5.84 Å². The van der Waals surface area contributed by atoms with Crippen LogP contribution in [0.5, 0.6) is 5.75 Å². The van der Waals surface area contributed by atoms with E-state index < -0.39 is 0 Å². The summed E-state index contributed by atoms with van der Waals surface area (Å²) in [5.74, 6) is 0.244. The lowest BCUT2D eigenvalue weighted by Crippen LogP contribution is -2.15. The number of benzene rings is 3. The number of phenols is 1. The summed E-state index contributed by atoms with van der Waals surface area (Å²) in [4.78, 5) is 0. The Balaban J connectivity index is 2.42. The Morgan fingerprint density at radius 3 is 2.38 bits per heavy atom. The van der Waals surface area contributed by atoms with E-state index >= 15 is 0 Å². The van der Waals surface area contributed by atoms with Crippen LogP contribution in [0.2, 0.25) is 0 Å². The fourth-order valence-corrected chi connectivity index (χ4v) is 3.10. The van der Waals surface area contributed by atoms with Gasteiger partial charge in [-0.25, -0.2) is 0 Å². The smallest absolute Gasteiger partial charge is 0.170 e. The van der Waals surface area contributed by atoms with Crippen LogP contribution in [0, 0.1) is 6.92 Å². The van der Waals surface area contributed by atoms with Gasteiger partial charge in [0.25, 0.3) is 0 Å². The fraction of sp³-hybridized carbons (Fsp3) is 0.0455. The number of phenolic OH excluding ortho intramolecular Hbond substituents is 1. The molecule has 0 radical (unpaired) electrons. The summed E-state index contributed by atoms with van der Waals surface area (Å²) >= 11 is 0. The van der Waals surface area contributed by atoms with Crippen LogP contribution in [-0.2, 0) is 0 Å². The van der Waals surface area contributed by atoms with Crippen molar-refractivity contribution in [2.45, 2.75) is 6.92 Å². The molecule has 0 saturated heterocycles. The van der Waals surface area contributed by atoms with E-state index in [-0.39, 0.29) is 11.6 Å². The minimum Gasteiger partial charge on any atom is -0.508 e. The van der Waals surface area contributed by atoms with E-state index in [1.165, 1.54) is 0 Å². The first-order valence-corrected chi connectivity index (χ1v) is 8.19. The molecule has 0 aliphatic rings. The maximum absolute atomic E-state index is 9.62. The fourth-order valence-electron chi connectivity index (χ4n) is 3.10. The van der Waals surface area contributed by atoms with Gasteiger partial charge in [-0.3, -0.25) is 0 Å². The number of hydrogen-bond acceptors (Lipinski definition) is 3. The second-order valence-electron chi connectivity index (χ2n) is 6.06. The van der Waals surface area contributed by atoms with E-state index in [9.17, 15) is 10.3 Å². The van der Waals surface area contributed by atoms with Crippen LogP contribution < -0.4 is 5.73 Å². The van der Waals surface area contributed by atoms with Gasteiger partial charge in [-0.05, 0) is 52.9 Å². The molecule has 4 heteroatoms. The van der Waals surface area contributed by atoms with Crippen molar-refractivity contribution in [3.63, 3.8) is 0 Å². The quantitative estimate of drug-likeness (QED) is 0.276. The molecular formula is C22H20N2O2. The van der Waals surface area contributed by atoms with Crippen molar-refractivity contribution in [3.8, 4) is 28.0 Å². The Bertz CT molecular complexity index is 990. The maximum Gasteiger partial charge on any atom is 0.170 e. The van der Waals surface area contributed by atoms with Gasteiger partial charge in [0, 0.05) is 11.1 Å². The van der Waals surface area contributed by atoms with Crippen molar-refractivity contribution in [2.24, 2.45) is 10.9 Å². The number of aryl methyl sites for hydroxylation is 1. The van der Waals surface area contributed by atoms with E-state index in [1.807, 2.05) is 49.4 Å². The van der Waals surface area contributed by atoms with E-state index in [4.69, 9.17) is 5.73 Å². The first kappa shape index (κ1) is 17.3. The SMILES string of the molecule is C=Cc1ccccc1-c1c(/C(N)=N/O)cc(C)cc1-c1ccc(O)cc1. The van der Waals surface area contributed by atoms with Gasteiger partial charge in [-0.1, -0.05) is 60.3 Å². The van der Waals surface area contributed by atoms with Crippen LogP contribution in [0.4, 0.5) is 0 Å². The Kier molecular flexibility index (Phi) is 4.76. The van der Waals surface area contributed by atoms with Crippen LogP contribution in [0.1, 0.15) is 16.7 Å². The van der Waals surface area contributed by atoms with Crippen molar-refractivity contribution < 1.29 is 10.3 Å². The molecule has 0 fully saturated rings. The molecule has 0 saturated carbocycles. The van der Waals surface area contributed by atoms with Gasteiger partial charge in [-0.2, -0.15) is 0 Å². The maximum atomic E-state index is 9.62. The lowest BCUT2D eigenvalue weighted by Gasteiger charge is -2.18. The molecule has 0 spiro atoms. The third-order valence-corrected chi connectivity index (χ3v) is 4.29. The highest BCUT2D eigenvalue weighted by atomic mass is 16.4. The molecular weight excluding hydrogens is 324 g/mol. The topological polar surface area (TPSA) is 78.8 Å². The minimum atomic E-state index is 0.0441. The van der Waals surface area contributed by atoms with Crippen LogP contribution in [0.25, 0.3) is 28.3 Å². The van der Waals surface area contributed by atoms with Crippen molar-refractivity contribution in [1.29, 1.82) is 0 Å². The first-order chi connectivity index (χ1) is 12.5. The zero-order valence-corrected chi connectivity index (χ0v) is 14.5. The van der Waals surface area contributed by atoms with E-state index in [0.717, 1.165) is 33.4 Å². The molecule has 3 rings (SSSR count). The predicted molar refractivity (Wildman–Crippen MR) is 106 cm³/mol. The average Bonchev–Trinajstić information content (AvgIpc) is 2.67. The molecule has 4 nitrogen and oxygen atoms in total. The number of rotatable bonds is 4. The Hall–Kier alpha value is -3.53. The summed E-state index contributed by atoms with van der Waals surface area (Å²) in [5, 5.41) is 22.1. The summed E-state index contributed by atoms with van der Waals surface area (Å²) in [5.41, 5.74) is 12.2. The Labute approximate surface area is 152 Å². The van der Waals surface area contributed by atoms with Gasteiger partial charge in [0.05, 0.1) is 0 Å². The standard InChI is InChI=1S/C22H20N2O2/c1-3-15-6-4-5-7-18(15)21-19(16-8-10-17(25)11-9-16)12-14(2)13-20(21)22(23)24-26/h3-13,25-26H,1H2,2H3,(H2,23,24). The zero-order valence-electron chi connectivity index (χ0n) is 14.5. The summed E-state index contributed by atoms with van der Waals surface area (Å²) < 4.78 is 0. The van der Waals surface area contributed by atoms with E-state index in [0.29, 0.717) is 5.56 Å². The molecule has 0 amide bonds. The largest absolute Gasteiger partial charge is 0.508 e. The Morgan fingerprint density at radius 1 is 1.04 bits per heavy atom. The molecule has 0 heterocycles. The molecule has 130 valence electrons. The number of nitrogens with two attached hydrogens (primary N) is 1. The van der Waals surface area contributed by atoms with Gasteiger partial charge in [0.1, 0.15) is 5.75 Å². The van der Waals surface area contributed by atoms with Gasteiger partial charge < -0.3 is 16.0 Å². The lowest BCUT2D eigenvalue weighted by molar-refractivity contribution is 0.318. The van der Waals surface area contributed by atoms with Crippen molar-refractivity contribution in [2.75, 3.05) is 0 Å². The summed E-state index contributed by atoms with van der Waals surface area (Å²) in [6, 6.07) is 18.8. The first-order valence-electron chi connectivity index (χ1n) is 8.19. The molecule has 0 unspecified atom stereocenters. The van der Waals surface area contributed by atoms with Crippen LogP contribution in [-0.4, -0.2) is 16.1 Å². The van der Waals surface area contributed by atoms with Crippen LogP contribution in [0.3, 0.4) is 0 Å². The molecule has 26 heavy (non-hydrogen) atoms. The number of oxime groups is 1. The van der Waals surface area contributed by atoms with Crippen molar-refractivity contribution in [1.82, 2.24) is 0 Å². The third-order valence-electron chi connectivity index (χ3n) is 4.29. The van der Waals surface area contributed by atoms with Gasteiger partial charge in [0.2, 0.25) is 0 Å². The zero-order chi connectivity index (χ0) is 18.7.